The molecule has 0 saturated carbocycles. The third-order valence-corrected chi connectivity index (χ3v) is 5.66. The van der Waals surface area contributed by atoms with Gasteiger partial charge < -0.3 is 14.6 Å². The van der Waals surface area contributed by atoms with E-state index in [-0.39, 0.29) is 11.7 Å². The summed E-state index contributed by atoms with van der Waals surface area (Å²) in [6.07, 6.45) is 5.75. The van der Waals surface area contributed by atoms with Crippen LogP contribution in [0.25, 0.3) is 11.4 Å². The summed E-state index contributed by atoms with van der Waals surface area (Å²) < 4.78 is 7.91. The van der Waals surface area contributed by atoms with E-state index >= 15 is 0 Å². The standard InChI is InChI=1S/C20H20N4O3S/c25-19(26)16-5-3-14(4-6-16)13-28-20-23-22-18(15-7-9-21-10-8-15)24(20)12-17-2-1-11-27-17/h3-10,17H,1-2,11-13H2,(H,25,26)/p-1/t17-/m0/s1. The van der Waals surface area contributed by atoms with Crippen LogP contribution in [0, 0.1) is 0 Å². The van der Waals surface area contributed by atoms with Gasteiger partial charge in [-0.15, -0.1) is 10.2 Å². The summed E-state index contributed by atoms with van der Waals surface area (Å²) in [4.78, 5) is 15.0. The Hall–Kier alpha value is -2.71. The number of hydrogen-bond acceptors (Lipinski definition) is 7. The number of aromatic carboxylic acids is 1. The van der Waals surface area contributed by atoms with E-state index in [0.717, 1.165) is 41.6 Å². The number of hydrogen-bond donors (Lipinski definition) is 0. The lowest BCUT2D eigenvalue weighted by molar-refractivity contribution is -0.255. The van der Waals surface area contributed by atoms with Gasteiger partial charge in [0.1, 0.15) is 0 Å². The molecule has 1 fully saturated rings. The molecular formula is C20H19N4O3S-. The number of aromatic nitrogens is 4. The first-order valence-corrected chi connectivity index (χ1v) is 10.1. The monoisotopic (exact) mass is 395 g/mol. The van der Waals surface area contributed by atoms with Crippen molar-refractivity contribution in [1.82, 2.24) is 19.7 Å². The number of nitrogens with zero attached hydrogens (tertiary/aromatic N) is 4. The van der Waals surface area contributed by atoms with Crippen LogP contribution in [0.5, 0.6) is 0 Å². The topological polar surface area (TPSA) is 93.0 Å². The average Bonchev–Trinajstić information content (AvgIpc) is 3.38. The van der Waals surface area contributed by atoms with Crippen LogP contribution >= 0.6 is 11.8 Å². The predicted molar refractivity (Wildman–Crippen MR) is 103 cm³/mol. The molecule has 1 saturated heterocycles. The molecule has 0 bridgehead atoms. The number of carbonyl (C=O) groups is 1. The predicted octanol–water partition coefficient (Wildman–Crippen LogP) is 2.17. The summed E-state index contributed by atoms with van der Waals surface area (Å²) in [5.74, 6) is 0.290. The van der Waals surface area contributed by atoms with E-state index in [1.807, 2.05) is 12.1 Å². The molecule has 0 amide bonds. The minimum absolute atomic E-state index is 0.165. The van der Waals surface area contributed by atoms with Gasteiger partial charge in [-0.1, -0.05) is 36.0 Å². The number of pyridine rings is 1. The second kappa shape index (κ2) is 8.53. The minimum Gasteiger partial charge on any atom is -0.545 e. The molecule has 0 spiro atoms. The van der Waals surface area contributed by atoms with Gasteiger partial charge in [0.25, 0.3) is 0 Å². The molecule has 1 aliphatic heterocycles. The molecule has 7 nitrogen and oxygen atoms in total. The van der Waals surface area contributed by atoms with Crippen LogP contribution in [-0.4, -0.2) is 38.4 Å². The van der Waals surface area contributed by atoms with Gasteiger partial charge in [-0.2, -0.15) is 0 Å². The van der Waals surface area contributed by atoms with E-state index in [0.29, 0.717) is 12.3 Å². The summed E-state index contributed by atoms with van der Waals surface area (Å²) in [5.41, 5.74) is 2.15. The van der Waals surface area contributed by atoms with Crippen LogP contribution in [0.4, 0.5) is 0 Å². The fourth-order valence-corrected chi connectivity index (χ4v) is 4.06. The van der Waals surface area contributed by atoms with Crippen molar-refractivity contribution in [1.29, 1.82) is 0 Å². The Morgan fingerprint density at radius 3 is 2.64 bits per heavy atom. The number of ether oxygens (including phenoxy) is 1. The molecule has 8 heteroatoms. The molecule has 4 rings (SSSR count). The van der Waals surface area contributed by atoms with Crippen LogP contribution in [0.3, 0.4) is 0 Å². The molecule has 1 atom stereocenters. The Balaban J connectivity index is 1.55. The van der Waals surface area contributed by atoms with Gasteiger partial charge in [-0.25, -0.2) is 0 Å². The summed E-state index contributed by atoms with van der Waals surface area (Å²) >= 11 is 1.57. The molecule has 144 valence electrons. The van der Waals surface area contributed by atoms with Crippen molar-refractivity contribution in [3.63, 3.8) is 0 Å². The second-order valence-electron chi connectivity index (χ2n) is 6.56. The molecular weight excluding hydrogens is 376 g/mol. The maximum Gasteiger partial charge on any atom is 0.191 e. The van der Waals surface area contributed by atoms with Gasteiger partial charge >= 0.3 is 0 Å². The smallest absolute Gasteiger partial charge is 0.191 e. The van der Waals surface area contributed by atoms with Gasteiger partial charge in [0, 0.05) is 30.3 Å². The maximum atomic E-state index is 10.9. The highest BCUT2D eigenvalue weighted by Crippen LogP contribution is 2.28. The Kier molecular flexibility index (Phi) is 5.68. The van der Waals surface area contributed by atoms with Gasteiger partial charge in [0.15, 0.2) is 11.0 Å². The first-order valence-electron chi connectivity index (χ1n) is 9.09. The third-order valence-electron chi connectivity index (χ3n) is 4.62. The van der Waals surface area contributed by atoms with Crippen LogP contribution < -0.4 is 5.11 Å². The van der Waals surface area contributed by atoms with Crippen molar-refractivity contribution in [3.05, 3.63) is 59.9 Å². The number of carbonyl (C=O) groups excluding carboxylic acids is 1. The van der Waals surface area contributed by atoms with Crippen molar-refractivity contribution in [3.8, 4) is 11.4 Å². The van der Waals surface area contributed by atoms with Crippen molar-refractivity contribution >= 4 is 17.7 Å². The number of rotatable bonds is 7. The van der Waals surface area contributed by atoms with E-state index in [1.54, 1.807) is 48.4 Å². The number of benzene rings is 1. The largest absolute Gasteiger partial charge is 0.545 e. The molecule has 1 aliphatic rings. The SMILES string of the molecule is O=C([O-])c1ccc(CSc2nnc(-c3ccncc3)n2C[C@@H]2CCCO2)cc1. The molecule has 3 aromatic rings. The molecule has 3 heterocycles. The first-order chi connectivity index (χ1) is 13.7. The fraction of sp³-hybridized carbons (Fsp3) is 0.300. The molecule has 0 radical (unpaired) electrons. The van der Waals surface area contributed by atoms with Crippen LogP contribution in [0.15, 0.2) is 53.9 Å². The maximum absolute atomic E-state index is 10.9. The van der Waals surface area contributed by atoms with Gasteiger partial charge in [0.2, 0.25) is 0 Å². The number of carboxylic acids is 1. The summed E-state index contributed by atoms with van der Waals surface area (Å²) in [5, 5.41) is 20.5. The van der Waals surface area contributed by atoms with Crippen molar-refractivity contribution in [2.75, 3.05) is 6.61 Å². The third kappa shape index (κ3) is 4.23. The van der Waals surface area contributed by atoms with E-state index < -0.39 is 5.97 Å². The molecule has 0 aliphatic carbocycles. The Labute approximate surface area is 166 Å². The van der Waals surface area contributed by atoms with E-state index in [2.05, 4.69) is 19.7 Å². The van der Waals surface area contributed by atoms with Crippen LogP contribution in [0.2, 0.25) is 0 Å². The zero-order valence-corrected chi connectivity index (χ0v) is 16.0. The molecule has 1 aromatic carbocycles. The average molecular weight is 395 g/mol. The Bertz CT molecular complexity index is 938. The molecule has 2 aromatic heterocycles. The lowest BCUT2D eigenvalue weighted by Crippen LogP contribution is -2.21. The Morgan fingerprint density at radius 2 is 1.96 bits per heavy atom. The zero-order valence-electron chi connectivity index (χ0n) is 15.2. The zero-order chi connectivity index (χ0) is 19.3. The molecule has 28 heavy (non-hydrogen) atoms. The lowest BCUT2D eigenvalue weighted by Gasteiger charge is -2.14. The van der Waals surface area contributed by atoms with Crippen molar-refractivity contribution in [2.24, 2.45) is 0 Å². The quantitative estimate of drug-likeness (QED) is 0.566. The Morgan fingerprint density at radius 1 is 1.18 bits per heavy atom. The van der Waals surface area contributed by atoms with E-state index in [9.17, 15) is 9.90 Å². The van der Waals surface area contributed by atoms with Crippen molar-refractivity contribution < 1.29 is 14.6 Å². The fourth-order valence-electron chi connectivity index (χ4n) is 3.15. The van der Waals surface area contributed by atoms with Gasteiger partial charge in [-0.3, -0.25) is 9.55 Å². The van der Waals surface area contributed by atoms with E-state index in [1.165, 1.54) is 0 Å². The van der Waals surface area contributed by atoms with Crippen LogP contribution in [0.1, 0.15) is 28.8 Å². The first kappa shape index (κ1) is 18.6. The highest BCUT2D eigenvalue weighted by Gasteiger charge is 2.21. The molecule has 0 N–H and O–H groups in total. The number of carboxylic acid groups (broad SMARTS) is 1. The number of thioether (sulfide) groups is 1. The second-order valence-corrected chi connectivity index (χ2v) is 7.50. The highest BCUT2D eigenvalue weighted by atomic mass is 32.2. The highest BCUT2D eigenvalue weighted by molar-refractivity contribution is 7.98. The summed E-state index contributed by atoms with van der Waals surface area (Å²) in [6, 6.07) is 10.5. The van der Waals surface area contributed by atoms with Crippen LogP contribution in [-0.2, 0) is 17.0 Å². The van der Waals surface area contributed by atoms with Gasteiger partial charge in [0.05, 0.1) is 18.6 Å². The summed E-state index contributed by atoms with van der Waals surface area (Å²) in [6.45, 7) is 1.50. The van der Waals surface area contributed by atoms with Gasteiger partial charge in [-0.05, 0) is 36.1 Å². The van der Waals surface area contributed by atoms with Crippen molar-refractivity contribution in [2.45, 2.75) is 36.4 Å². The lowest BCUT2D eigenvalue weighted by atomic mass is 10.1. The normalized spacial score (nSPS) is 16.4. The molecule has 0 unspecified atom stereocenters. The minimum atomic E-state index is -1.17. The van der Waals surface area contributed by atoms with E-state index in [4.69, 9.17) is 4.74 Å². The summed E-state index contributed by atoms with van der Waals surface area (Å²) in [7, 11) is 0.